The van der Waals surface area contributed by atoms with Crippen LogP contribution in [0.15, 0.2) is 52.5 Å². The lowest BCUT2D eigenvalue weighted by atomic mass is 10.2. The number of nitrogens with one attached hydrogen (secondary N) is 1. The first kappa shape index (κ1) is 14.9. The summed E-state index contributed by atoms with van der Waals surface area (Å²) in [5, 5.41) is 4.87. The molecule has 0 unspecified atom stereocenters. The van der Waals surface area contributed by atoms with Crippen LogP contribution < -0.4 is 5.43 Å². The summed E-state index contributed by atoms with van der Waals surface area (Å²) in [6.45, 7) is 0. The van der Waals surface area contributed by atoms with Crippen molar-refractivity contribution in [2.45, 2.75) is 4.90 Å². The normalized spacial score (nSPS) is 10.8. The Morgan fingerprint density at radius 1 is 1.20 bits per heavy atom. The lowest BCUT2D eigenvalue weighted by Crippen LogP contribution is -2.18. The molecule has 6 heteroatoms. The Bertz CT molecular complexity index is 674. The molecule has 1 amide bonds. The fraction of sp³-hybridized carbons (Fsp3) is 0. The minimum Gasteiger partial charge on any atom is -0.267 e. The number of halogens is 2. The maximum atomic E-state index is 11.9. The second-order valence-corrected chi connectivity index (χ2v) is 5.21. The summed E-state index contributed by atoms with van der Waals surface area (Å²) in [6, 6.07) is 12.0. The fourth-order valence-electron chi connectivity index (χ4n) is 1.49. The number of hydrogen-bond acceptors (Lipinski definition) is 3. The van der Waals surface area contributed by atoms with Crippen LogP contribution in [0.3, 0.4) is 0 Å². The van der Waals surface area contributed by atoms with Crippen LogP contribution in [0.4, 0.5) is 0 Å². The van der Waals surface area contributed by atoms with E-state index in [0.29, 0.717) is 26.1 Å². The van der Waals surface area contributed by atoms with Crippen molar-refractivity contribution in [1.82, 2.24) is 5.43 Å². The SMILES string of the molecule is O=C(NN=Cc1ccc(Cl)cc1Cl)c1ccccc1S. The molecule has 3 nitrogen and oxygen atoms in total. The van der Waals surface area contributed by atoms with Crippen LogP contribution in [-0.2, 0) is 0 Å². The van der Waals surface area contributed by atoms with Gasteiger partial charge in [-0.05, 0) is 24.3 Å². The molecule has 2 aromatic rings. The fourth-order valence-corrected chi connectivity index (χ4v) is 2.21. The number of carbonyl (C=O) groups excluding carboxylic acids is 1. The summed E-state index contributed by atoms with van der Waals surface area (Å²) < 4.78 is 0. The van der Waals surface area contributed by atoms with Gasteiger partial charge in [0.2, 0.25) is 0 Å². The average Bonchev–Trinajstić information content (AvgIpc) is 2.41. The Hall–Kier alpha value is -1.49. The van der Waals surface area contributed by atoms with Crippen LogP contribution >= 0.6 is 35.8 Å². The molecule has 102 valence electrons. The first-order chi connectivity index (χ1) is 9.58. The zero-order valence-electron chi connectivity index (χ0n) is 10.2. The van der Waals surface area contributed by atoms with Crippen molar-refractivity contribution < 1.29 is 4.79 Å². The molecular weight excluding hydrogens is 315 g/mol. The largest absolute Gasteiger partial charge is 0.272 e. The van der Waals surface area contributed by atoms with E-state index in [1.54, 1.807) is 42.5 Å². The number of hydrogen-bond donors (Lipinski definition) is 2. The van der Waals surface area contributed by atoms with Crippen LogP contribution in [0.5, 0.6) is 0 Å². The van der Waals surface area contributed by atoms with Gasteiger partial charge in [0.1, 0.15) is 0 Å². The molecule has 0 bridgehead atoms. The number of benzene rings is 2. The summed E-state index contributed by atoms with van der Waals surface area (Å²) in [5.74, 6) is -0.336. The van der Waals surface area contributed by atoms with Gasteiger partial charge >= 0.3 is 0 Å². The lowest BCUT2D eigenvalue weighted by Gasteiger charge is -2.03. The quantitative estimate of drug-likeness (QED) is 0.499. The van der Waals surface area contributed by atoms with E-state index >= 15 is 0 Å². The van der Waals surface area contributed by atoms with Crippen LogP contribution in [0.1, 0.15) is 15.9 Å². The summed E-state index contributed by atoms with van der Waals surface area (Å²) in [6.07, 6.45) is 1.46. The number of thiol groups is 1. The van der Waals surface area contributed by atoms with Crippen molar-refractivity contribution in [3.8, 4) is 0 Å². The predicted molar refractivity (Wildman–Crippen MR) is 85.2 cm³/mol. The van der Waals surface area contributed by atoms with Crippen LogP contribution in [-0.4, -0.2) is 12.1 Å². The molecule has 20 heavy (non-hydrogen) atoms. The molecule has 0 aliphatic carbocycles. The Morgan fingerprint density at radius 2 is 1.95 bits per heavy atom. The van der Waals surface area contributed by atoms with Crippen molar-refractivity contribution in [3.05, 3.63) is 63.6 Å². The number of nitrogens with zero attached hydrogens (tertiary/aromatic N) is 1. The summed E-state index contributed by atoms with van der Waals surface area (Å²) in [7, 11) is 0. The molecule has 1 N–H and O–H groups in total. The van der Waals surface area contributed by atoms with Crippen molar-refractivity contribution in [2.24, 2.45) is 5.10 Å². The number of rotatable bonds is 3. The highest BCUT2D eigenvalue weighted by molar-refractivity contribution is 7.80. The van der Waals surface area contributed by atoms with Gasteiger partial charge < -0.3 is 0 Å². The maximum Gasteiger partial charge on any atom is 0.272 e. The van der Waals surface area contributed by atoms with E-state index in [4.69, 9.17) is 23.2 Å². The van der Waals surface area contributed by atoms with Gasteiger partial charge in [-0.3, -0.25) is 4.79 Å². The third kappa shape index (κ3) is 3.76. The van der Waals surface area contributed by atoms with E-state index < -0.39 is 0 Å². The van der Waals surface area contributed by atoms with Crippen LogP contribution in [0, 0.1) is 0 Å². The van der Waals surface area contributed by atoms with Gasteiger partial charge in [-0.15, -0.1) is 12.6 Å². The molecule has 0 aliphatic rings. The Morgan fingerprint density at radius 3 is 2.65 bits per heavy atom. The van der Waals surface area contributed by atoms with E-state index in [0.717, 1.165) is 0 Å². The maximum absolute atomic E-state index is 11.9. The molecule has 0 saturated heterocycles. The molecule has 0 aliphatic heterocycles. The second kappa shape index (κ2) is 6.79. The van der Waals surface area contributed by atoms with Gasteiger partial charge in [0.15, 0.2) is 0 Å². The van der Waals surface area contributed by atoms with Crippen LogP contribution in [0.25, 0.3) is 0 Å². The predicted octanol–water partition coefficient (Wildman–Crippen LogP) is 4.05. The zero-order valence-corrected chi connectivity index (χ0v) is 12.6. The van der Waals surface area contributed by atoms with Crippen molar-refractivity contribution in [1.29, 1.82) is 0 Å². The molecule has 2 aromatic carbocycles. The smallest absolute Gasteiger partial charge is 0.267 e. The average molecular weight is 325 g/mol. The molecular formula is C14H10Cl2N2OS. The highest BCUT2D eigenvalue weighted by atomic mass is 35.5. The summed E-state index contributed by atoms with van der Waals surface area (Å²) >= 11 is 16.0. The third-order valence-electron chi connectivity index (χ3n) is 2.48. The van der Waals surface area contributed by atoms with E-state index in [1.165, 1.54) is 6.21 Å². The zero-order chi connectivity index (χ0) is 14.5. The highest BCUT2D eigenvalue weighted by Crippen LogP contribution is 2.19. The molecule has 0 saturated carbocycles. The minimum atomic E-state index is -0.336. The topological polar surface area (TPSA) is 41.5 Å². The van der Waals surface area contributed by atoms with Gasteiger partial charge in [-0.25, -0.2) is 5.43 Å². The van der Waals surface area contributed by atoms with E-state index in [-0.39, 0.29) is 5.91 Å². The van der Waals surface area contributed by atoms with Crippen LogP contribution in [0.2, 0.25) is 10.0 Å². The van der Waals surface area contributed by atoms with Gasteiger partial charge in [0, 0.05) is 15.5 Å². The van der Waals surface area contributed by atoms with Gasteiger partial charge in [-0.1, -0.05) is 41.4 Å². The molecule has 0 fully saturated rings. The van der Waals surface area contributed by atoms with E-state index in [9.17, 15) is 4.79 Å². The Kier molecular flexibility index (Phi) is 5.06. The molecule has 0 spiro atoms. The standard InChI is InChI=1S/C14H10Cl2N2OS/c15-10-6-5-9(12(16)7-10)8-17-18-14(19)11-3-1-2-4-13(11)20/h1-8,20H,(H,18,19). The van der Waals surface area contributed by atoms with E-state index in [1.807, 2.05) is 0 Å². The molecule has 0 atom stereocenters. The van der Waals surface area contributed by atoms with Gasteiger partial charge in [0.25, 0.3) is 5.91 Å². The molecule has 0 heterocycles. The molecule has 2 rings (SSSR count). The second-order valence-electron chi connectivity index (χ2n) is 3.88. The lowest BCUT2D eigenvalue weighted by molar-refractivity contribution is 0.0952. The Balaban J connectivity index is 2.07. The van der Waals surface area contributed by atoms with Crippen molar-refractivity contribution in [3.63, 3.8) is 0 Å². The number of carbonyl (C=O) groups is 1. The van der Waals surface area contributed by atoms with Gasteiger partial charge in [-0.2, -0.15) is 5.10 Å². The first-order valence-electron chi connectivity index (χ1n) is 5.64. The monoisotopic (exact) mass is 324 g/mol. The number of hydrazone groups is 1. The highest BCUT2D eigenvalue weighted by Gasteiger charge is 2.07. The van der Waals surface area contributed by atoms with E-state index in [2.05, 4.69) is 23.2 Å². The van der Waals surface area contributed by atoms with Gasteiger partial charge in [0.05, 0.1) is 16.8 Å². The first-order valence-corrected chi connectivity index (χ1v) is 6.84. The summed E-state index contributed by atoms with van der Waals surface area (Å²) in [5.41, 5.74) is 3.54. The summed E-state index contributed by atoms with van der Waals surface area (Å²) in [4.78, 5) is 12.5. The van der Waals surface area contributed by atoms with Crippen molar-refractivity contribution >= 4 is 48.0 Å². The molecule has 0 radical (unpaired) electrons. The number of amides is 1. The Labute approximate surface area is 132 Å². The molecule has 0 aromatic heterocycles. The minimum absolute atomic E-state index is 0.336. The van der Waals surface area contributed by atoms with Crippen molar-refractivity contribution in [2.75, 3.05) is 0 Å². The third-order valence-corrected chi connectivity index (χ3v) is 3.43.